The monoisotopic (exact) mass is 336 g/mol. The normalized spacial score (nSPS) is 17.2. The van der Waals surface area contributed by atoms with Crippen molar-refractivity contribution in [1.82, 2.24) is 10.3 Å². The van der Waals surface area contributed by atoms with E-state index in [1.165, 1.54) is 18.3 Å². The van der Waals surface area contributed by atoms with Crippen LogP contribution >= 0.6 is 0 Å². The molecule has 128 valence electrons. The standard InChI is InChI=1S/C14H16N4O6/c19-14(8-17-1-3-22-4-2-17)16-15-7-10-5-12-13(24-9-23-12)6-11(10)18(20)21/h5-7H,1-4,8-9H2,(H,16,19)/b15-7+. The summed E-state index contributed by atoms with van der Waals surface area (Å²) in [5.74, 6) is 0.424. The molecule has 0 spiro atoms. The molecule has 1 aromatic rings. The number of ether oxygens (including phenoxy) is 3. The molecule has 1 amide bonds. The maximum atomic E-state index is 11.8. The first-order valence-corrected chi connectivity index (χ1v) is 7.33. The molecular weight excluding hydrogens is 320 g/mol. The minimum absolute atomic E-state index is 0.0172. The predicted molar refractivity (Wildman–Crippen MR) is 82.2 cm³/mol. The van der Waals surface area contributed by atoms with Crippen LogP contribution in [0.5, 0.6) is 11.5 Å². The molecule has 2 heterocycles. The van der Waals surface area contributed by atoms with Gasteiger partial charge in [0.05, 0.1) is 42.5 Å². The Morgan fingerprint density at radius 3 is 2.75 bits per heavy atom. The Bertz CT molecular complexity index is 671. The van der Waals surface area contributed by atoms with E-state index < -0.39 is 4.92 Å². The lowest BCUT2D eigenvalue weighted by atomic mass is 10.1. The van der Waals surface area contributed by atoms with Gasteiger partial charge in [0.25, 0.3) is 11.6 Å². The zero-order chi connectivity index (χ0) is 16.9. The zero-order valence-electron chi connectivity index (χ0n) is 12.8. The molecule has 0 aromatic heterocycles. The van der Waals surface area contributed by atoms with Gasteiger partial charge in [-0.25, -0.2) is 5.43 Å². The van der Waals surface area contributed by atoms with Gasteiger partial charge in [-0.2, -0.15) is 5.10 Å². The van der Waals surface area contributed by atoms with Crippen molar-refractivity contribution >= 4 is 17.8 Å². The molecule has 0 bridgehead atoms. The van der Waals surface area contributed by atoms with E-state index >= 15 is 0 Å². The Morgan fingerprint density at radius 2 is 2.04 bits per heavy atom. The largest absolute Gasteiger partial charge is 0.454 e. The maximum absolute atomic E-state index is 11.8. The third-order valence-electron chi connectivity index (χ3n) is 3.58. The number of fused-ring (bicyclic) bond motifs is 1. The van der Waals surface area contributed by atoms with Crippen molar-refractivity contribution in [3.8, 4) is 11.5 Å². The van der Waals surface area contributed by atoms with Crippen LogP contribution in [0.25, 0.3) is 0 Å². The molecule has 1 N–H and O–H groups in total. The highest BCUT2D eigenvalue weighted by atomic mass is 16.7. The van der Waals surface area contributed by atoms with Gasteiger partial charge in [-0.3, -0.25) is 19.8 Å². The van der Waals surface area contributed by atoms with E-state index in [0.717, 1.165) is 0 Å². The molecule has 10 heteroatoms. The first kappa shape index (κ1) is 16.1. The summed E-state index contributed by atoms with van der Waals surface area (Å²) < 4.78 is 15.5. The molecule has 0 radical (unpaired) electrons. The van der Waals surface area contributed by atoms with Crippen LogP contribution in [-0.4, -0.2) is 61.6 Å². The topological polar surface area (TPSA) is 116 Å². The highest BCUT2D eigenvalue weighted by Gasteiger charge is 2.22. The number of carbonyl (C=O) groups excluding carboxylic acids is 1. The van der Waals surface area contributed by atoms with Crippen molar-refractivity contribution in [1.29, 1.82) is 0 Å². The summed E-state index contributed by atoms with van der Waals surface area (Å²) in [6, 6.07) is 2.73. The average Bonchev–Trinajstić information content (AvgIpc) is 3.02. The Balaban J connectivity index is 1.63. The van der Waals surface area contributed by atoms with Crippen molar-refractivity contribution < 1.29 is 23.9 Å². The second-order valence-corrected chi connectivity index (χ2v) is 5.20. The van der Waals surface area contributed by atoms with Gasteiger partial charge in [-0.1, -0.05) is 0 Å². The third kappa shape index (κ3) is 3.78. The predicted octanol–water partition coefficient (Wildman–Crippen LogP) is 0.106. The van der Waals surface area contributed by atoms with Gasteiger partial charge < -0.3 is 14.2 Å². The lowest BCUT2D eigenvalue weighted by Crippen LogP contribution is -2.42. The molecule has 10 nitrogen and oxygen atoms in total. The Hall–Kier alpha value is -2.72. The molecule has 1 saturated heterocycles. The summed E-state index contributed by atoms with van der Waals surface area (Å²) >= 11 is 0. The van der Waals surface area contributed by atoms with Gasteiger partial charge in [0.1, 0.15) is 0 Å². The number of rotatable bonds is 5. The number of morpholine rings is 1. The van der Waals surface area contributed by atoms with E-state index in [9.17, 15) is 14.9 Å². The van der Waals surface area contributed by atoms with E-state index in [1.807, 2.05) is 4.90 Å². The molecule has 1 fully saturated rings. The summed E-state index contributed by atoms with van der Waals surface area (Å²) in [6.45, 7) is 2.78. The number of hydrogen-bond donors (Lipinski definition) is 1. The van der Waals surface area contributed by atoms with Crippen LogP contribution in [0.3, 0.4) is 0 Å². The first-order valence-electron chi connectivity index (χ1n) is 7.33. The highest BCUT2D eigenvalue weighted by Crippen LogP contribution is 2.37. The molecular formula is C14H16N4O6. The molecule has 0 atom stereocenters. The van der Waals surface area contributed by atoms with Gasteiger partial charge in [0.2, 0.25) is 6.79 Å². The van der Waals surface area contributed by atoms with E-state index in [-0.39, 0.29) is 30.5 Å². The van der Waals surface area contributed by atoms with Gasteiger partial charge in [-0.05, 0) is 6.07 Å². The van der Waals surface area contributed by atoms with E-state index in [1.54, 1.807) is 0 Å². The number of benzene rings is 1. The number of nitrogens with one attached hydrogen (secondary N) is 1. The van der Waals surface area contributed by atoms with E-state index in [2.05, 4.69) is 10.5 Å². The second-order valence-electron chi connectivity index (χ2n) is 5.20. The number of carbonyl (C=O) groups is 1. The average molecular weight is 336 g/mol. The fourth-order valence-corrected chi connectivity index (χ4v) is 2.38. The van der Waals surface area contributed by atoms with Crippen LogP contribution < -0.4 is 14.9 Å². The lowest BCUT2D eigenvalue weighted by Gasteiger charge is -2.25. The van der Waals surface area contributed by atoms with Crippen molar-refractivity contribution in [3.05, 3.63) is 27.8 Å². The van der Waals surface area contributed by atoms with Crippen molar-refractivity contribution in [2.75, 3.05) is 39.6 Å². The van der Waals surface area contributed by atoms with Crippen LogP contribution in [-0.2, 0) is 9.53 Å². The van der Waals surface area contributed by atoms with Crippen LogP contribution in [0, 0.1) is 10.1 Å². The summed E-state index contributed by atoms with van der Waals surface area (Å²) in [5, 5.41) is 14.9. The maximum Gasteiger partial charge on any atom is 0.282 e. The Labute approximate surface area is 137 Å². The summed E-state index contributed by atoms with van der Waals surface area (Å²) in [7, 11) is 0. The quantitative estimate of drug-likeness (QED) is 0.461. The fraction of sp³-hybridized carbons (Fsp3) is 0.429. The molecule has 1 aromatic carbocycles. The molecule has 2 aliphatic rings. The third-order valence-corrected chi connectivity index (χ3v) is 3.58. The van der Waals surface area contributed by atoms with E-state index in [0.29, 0.717) is 37.8 Å². The van der Waals surface area contributed by atoms with Gasteiger partial charge in [0.15, 0.2) is 11.5 Å². The smallest absolute Gasteiger partial charge is 0.282 e. The summed E-state index contributed by atoms with van der Waals surface area (Å²) in [6.07, 6.45) is 1.22. The van der Waals surface area contributed by atoms with Gasteiger partial charge >= 0.3 is 0 Å². The Kier molecular flexibility index (Phi) is 4.87. The number of hydrogen-bond acceptors (Lipinski definition) is 8. The summed E-state index contributed by atoms with van der Waals surface area (Å²) in [5.41, 5.74) is 2.41. The highest BCUT2D eigenvalue weighted by molar-refractivity contribution is 5.88. The number of hydrazone groups is 1. The van der Waals surface area contributed by atoms with Crippen molar-refractivity contribution in [3.63, 3.8) is 0 Å². The molecule has 0 saturated carbocycles. The van der Waals surface area contributed by atoms with Crippen molar-refractivity contribution in [2.45, 2.75) is 0 Å². The van der Waals surface area contributed by atoms with Crippen LogP contribution in [0.1, 0.15) is 5.56 Å². The minimum Gasteiger partial charge on any atom is -0.454 e. The van der Waals surface area contributed by atoms with E-state index in [4.69, 9.17) is 14.2 Å². The SMILES string of the molecule is O=C(CN1CCOCC1)N/N=C/c1cc2c(cc1[N+](=O)[O-])OCO2. The molecule has 0 unspecified atom stereocenters. The fourth-order valence-electron chi connectivity index (χ4n) is 2.38. The molecule has 3 rings (SSSR count). The number of nitro benzene ring substituents is 1. The first-order chi connectivity index (χ1) is 11.6. The number of nitro groups is 1. The van der Waals surface area contributed by atoms with Gasteiger partial charge in [-0.15, -0.1) is 0 Å². The van der Waals surface area contributed by atoms with Crippen LogP contribution in [0.15, 0.2) is 17.2 Å². The number of amides is 1. The zero-order valence-corrected chi connectivity index (χ0v) is 12.8. The Morgan fingerprint density at radius 1 is 1.33 bits per heavy atom. The molecule has 24 heavy (non-hydrogen) atoms. The minimum atomic E-state index is -0.543. The summed E-state index contributed by atoms with van der Waals surface area (Å²) in [4.78, 5) is 24.3. The van der Waals surface area contributed by atoms with Crippen LogP contribution in [0.2, 0.25) is 0 Å². The van der Waals surface area contributed by atoms with Gasteiger partial charge in [0, 0.05) is 13.1 Å². The van der Waals surface area contributed by atoms with Crippen LogP contribution in [0.4, 0.5) is 5.69 Å². The number of nitrogens with zero attached hydrogens (tertiary/aromatic N) is 3. The molecule has 0 aliphatic carbocycles. The van der Waals surface area contributed by atoms with Crippen molar-refractivity contribution in [2.24, 2.45) is 5.10 Å². The molecule has 2 aliphatic heterocycles. The lowest BCUT2D eigenvalue weighted by molar-refractivity contribution is -0.385. The second kappa shape index (κ2) is 7.23.